The molecule has 4 heteroatoms. The summed E-state index contributed by atoms with van der Waals surface area (Å²) in [6, 6.07) is 0. The summed E-state index contributed by atoms with van der Waals surface area (Å²) in [6.07, 6.45) is 19.9. The molecule has 0 aliphatic heterocycles. The van der Waals surface area contributed by atoms with Gasteiger partial charge in [0, 0.05) is 0 Å². The van der Waals surface area contributed by atoms with E-state index < -0.39 is 11.8 Å². The smallest absolute Gasteiger partial charge is 0.310 e. The van der Waals surface area contributed by atoms with Gasteiger partial charge in [0.05, 0.1) is 11.8 Å². The summed E-state index contributed by atoms with van der Waals surface area (Å²) in [5.74, 6) is -1.16. The molecule has 4 nitrogen and oxygen atoms in total. The second kappa shape index (κ2) is 10.8. The largest absolute Gasteiger partial charge is 0.459 e. The molecule has 170 valence electrons. The van der Waals surface area contributed by atoms with Crippen molar-refractivity contribution in [1.29, 1.82) is 0 Å². The highest BCUT2D eigenvalue weighted by Crippen LogP contribution is 2.40. The van der Waals surface area contributed by atoms with Crippen molar-refractivity contribution in [1.82, 2.24) is 0 Å². The highest BCUT2D eigenvalue weighted by atomic mass is 16.6. The van der Waals surface area contributed by atoms with Crippen molar-refractivity contribution in [3.8, 4) is 0 Å². The molecule has 2 atom stereocenters. The van der Waals surface area contributed by atoms with Gasteiger partial charge in [0.25, 0.3) is 0 Å². The standard InChI is InChI=1S/C26H42O4/c1-3-15-25(17-9-5-10-18-25)29-23(27)21-13-7-8-14-22(21)24(28)30-26(16-4-2)19-11-6-12-20-26/h7-8,21-22H,3-6,9-20H2,1-2H3. The molecule has 0 N–H and O–H groups in total. The first kappa shape index (κ1) is 23.3. The van der Waals surface area contributed by atoms with Crippen LogP contribution in [0.3, 0.4) is 0 Å². The lowest BCUT2D eigenvalue weighted by molar-refractivity contribution is -0.182. The van der Waals surface area contributed by atoms with E-state index in [0.717, 1.165) is 77.0 Å². The number of hydrogen-bond acceptors (Lipinski definition) is 4. The fourth-order valence-corrected chi connectivity index (χ4v) is 6.02. The summed E-state index contributed by atoms with van der Waals surface area (Å²) in [7, 11) is 0. The monoisotopic (exact) mass is 418 g/mol. The quantitative estimate of drug-likeness (QED) is 0.327. The van der Waals surface area contributed by atoms with Gasteiger partial charge in [-0.1, -0.05) is 51.7 Å². The van der Waals surface area contributed by atoms with E-state index in [1.165, 1.54) is 12.8 Å². The number of ether oxygens (including phenoxy) is 2. The van der Waals surface area contributed by atoms with Crippen molar-refractivity contribution in [2.24, 2.45) is 11.8 Å². The van der Waals surface area contributed by atoms with E-state index in [1.54, 1.807) is 0 Å². The zero-order valence-electron chi connectivity index (χ0n) is 19.3. The highest BCUT2D eigenvalue weighted by molar-refractivity contribution is 5.83. The van der Waals surface area contributed by atoms with Crippen molar-refractivity contribution in [3.63, 3.8) is 0 Å². The van der Waals surface area contributed by atoms with Crippen molar-refractivity contribution in [2.45, 2.75) is 128 Å². The Morgan fingerprint density at radius 2 is 1.07 bits per heavy atom. The Kier molecular flexibility index (Phi) is 8.42. The second-order valence-corrected chi connectivity index (χ2v) is 9.99. The van der Waals surface area contributed by atoms with Gasteiger partial charge in [-0.2, -0.15) is 0 Å². The Balaban J connectivity index is 1.69. The molecule has 0 spiro atoms. The predicted octanol–water partition coefficient (Wildman–Crippen LogP) is 6.66. The molecular weight excluding hydrogens is 376 g/mol. The van der Waals surface area contributed by atoms with Crippen molar-refractivity contribution >= 4 is 11.9 Å². The molecular formula is C26H42O4. The molecule has 3 rings (SSSR count). The van der Waals surface area contributed by atoms with E-state index in [4.69, 9.17) is 9.47 Å². The van der Waals surface area contributed by atoms with Gasteiger partial charge in [0.2, 0.25) is 0 Å². The minimum absolute atomic E-state index is 0.176. The molecule has 0 radical (unpaired) electrons. The van der Waals surface area contributed by atoms with Crippen LogP contribution in [0.5, 0.6) is 0 Å². The third kappa shape index (κ3) is 5.68. The molecule has 0 heterocycles. The minimum Gasteiger partial charge on any atom is -0.459 e. The summed E-state index contributed by atoms with van der Waals surface area (Å²) in [6.45, 7) is 4.32. The Morgan fingerprint density at radius 3 is 1.40 bits per heavy atom. The third-order valence-corrected chi connectivity index (χ3v) is 7.61. The Morgan fingerprint density at radius 1 is 0.700 bits per heavy atom. The number of allylic oxidation sites excluding steroid dienone is 2. The van der Waals surface area contributed by atoms with Gasteiger partial charge in [-0.15, -0.1) is 0 Å². The van der Waals surface area contributed by atoms with Crippen LogP contribution in [-0.2, 0) is 19.1 Å². The van der Waals surface area contributed by atoms with Crippen LogP contribution in [0.25, 0.3) is 0 Å². The summed E-state index contributed by atoms with van der Waals surface area (Å²) in [4.78, 5) is 26.6. The first-order chi connectivity index (χ1) is 14.5. The second-order valence-electron chi connectivity index (χ2n) is 9.99. The maximum Gasteiger partial charge on any atom is 0.310 e. The fraction of sp³-hybridized carbons (Fsp3) is 0.846. The van der Waals surface area contributed by atoms with Crippen LogP contribution < -0.4 is 0 Å². The van der Waals surface area contributed by atoms with E-state index >= 15 is 0 Å². The first-order valence-electron chi connectivity index (χ1n) is 12.6. The fourth-order valence-electron chi connectivity index (χ4n) is 6.02. The molecule has 3 aliphatic carbocycles. The van der Waals surface area contributed by atoms with Crippen LogP contribution in [0, 0.1) is 11.8 Å². The van der Waals surface area contributed by atoms with Gasteiger partial charge in [0.1, 0.15) is 11.2 Å². The Hall–Kier alpha value is -1.32. The van der Waals surface area contributed by atoms with Crippen LogP contribution in [0.1, 0.15) is 117 Å². The summed E-state index contributed by atoms with van der Waals surface area (Å²) in [5.41, 5.74) is -0.626. The van der Waals surface area contributed by atoms with Crippen LogP contribution in [0.2, 0.25) is 0 Å². The lowest BCUT2D eigenvalue weighted by Gasteiger charge is -2.40. The van der Waals surface area contributed by atoms with Crippen LogP contribution in [0.15, 0.2) is 12.2 Å². The zero-order chi connectivity index (χ0) is 21.5. The van der Waals surface area contributed by atoms with E-state index in [9.17, 15) is 9.59 Å². The maximum atomic E-state index is 13.3. The van der Waals surface area contributed by atoms with E-state index in [2.05, 4.69) is 13.8 Å². The van der Waals surface area contributed by atoms with Crippen LogP contribution >= 0.6 is 0 Å². The lowest BCUT2D eigenvalue weighted by atomic mass is 9.79. The molecule has 0 bridgehead atoms. The highest BCUT2D eigenvalue weighted by Gasteiger charge is 2.44. The molecule has 2 saturated carbocycles. The lowest BCUT2D eigenvalue weighted by Crippen LogP contribution is -2.44. The van der Waals surface area contributed by atoms with Crippen molar-refractivity contribution in [3.05, 3.63) is 12.2 Å². The van der Waals surface area contributed by atoms with E-state index in [1.807, 2.05) is 12.2 Å². The zero-order valence-corrected chi connectivity index (χ0v) is 19.3. The predicted molar refractivity (Wildman–Crippen MR) is 119 cm³/mol. The van der Waals surface area contributed by atoms with Gasteiger partial charge < -0.3 is 9.47 Å². The van der Waals surface area contributed by atoms with Crippen molar-refractivity contribution < 1.29 is 19.1 Å². The first-order valence-corrected chi connectivity index (χ1v) is 12.6. The molecule has 0 aromatic heterocycles. The molecule has 3 aliphatic rings. The Bertz CT molecular complexity index is 533. The molecule has 0 saturated heterocycles. The Labute approximate surface area is 183 Å². The van der Waals surface area contributed by atoms with Gasteiger partial charge in [-0.3, -0.25) is 9.59 Å². The molecule has 30 heavy (non-hydrogen) atoms. The molecule has 2 fully saturated rings. The topological polar surface area (TPSA) is 52.6 Å². The summed E-state index contributed by atoms with van der Waals surface area (Å²) in [5, 5.41) is 0. The SMILES string of the molecule is CCCC1(OC(=O)C2CC=CCC2C(=O)OC2(CCC)CCCCC2)CCCCC1. The van der Waals surface area contributed by atoms with Gasteiger partial charge in [-0.05, 0) is 77.0 Å². The number of hydrogen-bond donors (Lipinski definition) is 0. The normalized spacial score (nSPS) is 27.9. The van der Waals surface area contributed by atoms with Gasteiger partial charge >= 0.3 is 11.9 Å². The average molecular weight is 419 g/mol. The number of esters is 2. The number of rotatable bonds is 8. The number of carbonyl (C=O) groups excluding carboxylic acids is 2. The van der Waals surface area contributed by atoms with Gasteiger partial charge in [0.15, 0.2) is 0 Å². The van der Waals surface area contributed by atoms with Gasteiger partial charge in [-0.25, -0.2) is 0 Å². The summed E-state index contributed by atoms with van der Waals surface area (Å²) < 4.78 is 12.4. The molecule has 0 aromatic rings. The van der Waals surface area contributed by atoms with E-state index in [-0.39, 0.29) is 23.1 Å². The van der Waals surface area contributed by atoms with Crippen LogP contribution in [-0.4, -0.2) is 23.1 Å². The maximum absolute atomic E-state index is 13.3. The molecule has 0 amide bonds. The average Bonchev–Trinajstić information content (AvgIpc) is 2.75. The van der Waals surface area contributed by atoms with Crippen molar-refractivity contribution in [2.75, 3.05) is 0 Å². The van der Waals surface area contributed by atoms with Crippen LogP contribution in [0.4, 0.5) is 0 Å². The minimum atomic E-state index is -0.402. The number of carbonyl (C=O) groups is 2. The molecule has 0 aromatic carbocycles. The third-order valence-electron chi connectivity index (χ3n) is 7.61. The molecule has 2 unspecified atom stereocenters. The summed E-state index contributed by atoms with van der Waals surface area (Å²) >= 11 is 0. The van der Waals surface area contributed by atoms with E-state index in [0.29, 0.717) is 12.8 Å².